The number of nitrogens with one attached hydrogen (secondary N) is 1. The number of nitrogens with zero attached hydrogens (tertiary/aromatic N) is 1. The summed E-state index contributed by atoms with van der Waals surface area (Å²) in [5.41, 5.74) is 1.05. The fourth-order valence-corrected chi connectivity index (χ4v) is 2.73. The van der Waals surface area contributed by atoms with Crippen molar-refractivity contribution in [2.45, 2.75) is 32.9 Å². The molecule has 0 fully saturated rings. The molecule has 1 unspecified atom stereocenters. The number of carboxylic acid groups (broad SMARTS) is 1. The summed E-state index contributed by atoms with van der Waals surface area (Å²) >= 11 is 3.43. The Bertz CT molecular complexity index is 694. The van der Waals surface area contributed by atoms with Crippen molar-refractivity contribution in [3.63, 3.8) is 0 Å². The lowest BCUT2D eigenvalue weighted by Crippen LogP contribution is -2.44. The predicted molar refractivity (Wildman–Crippen MR) is 88.7 cm³/mol. The highest BCUT2D eigenvalue weighted by Gasteiger charge is 2.23. The number of carbonyl (C=O) groups is 2. The highest BCUT2D eigenvalue weighted by Crippen LogP contribution is 2.21. The minimum absolute atomic E-state index is 0.147. The number of benzene rings is 1. The summed E-state index contributed by atoms with van der Waals surface area (Å²) in [5, 5.41) is 12.8. The number of hydrogen-bond donors (Lipinski definition) is 2. The van der Waals surface area contributed by atoms with Gasteiger partial charge >= 0.3 is 5.97 Å². The molecule has 0 aliphatic heterocycles. The molecule has 6 heteroatoms. The lowest BCUT2D eigenvalue weighted by molar-refractivity contribution is -0.143. The van der Waals surface area contributed by atoms with Crippen LogP contribution in [0.25, 0.3) is 10.9 Å². The molecular formula is C16H19BrN2O3. The maximum absolute atomic E-state index is 12.0. The quantitative estimate of drug-likeness (QED) is 0.825. The second kappa shape index (κ2) is 6.96. The van der Waals surface area contributed by atoms with Crippen LogP contribution in [0.15, 0.2) is 34.9 Å². The number of amides is 1. The van der Waals surface area contributed by atoms with Gasteiger partial charge in [-0.15, -0.1) is 0 Å². The van der Waals surface area contributed by atoms with E-state index in [9.17, 15) is 9.59 Å². The van der Waals surface area contributed by atoms with Crippen molar-refractivity contribution in [2.75, 3.05) is 0 Å². The van der Waals surface area contributed by atoms with Gasteiger partial charge in [0.2, 0.25) is 5.91 Å². The molecule has 0 saturated heterocycles. The highest BCUT2D eigenvalue weighted by molar-refractivity contribution is 9.10. The summed E-state index contributed by atoms with van der Waals surface area (Å²) in [6.07, 6.45) is 2.18. The molecule has 0 aliphatic rings. The van der Waals surface area contributed by atoms with Crippen LogP contribution in [0.1, 0.15) is 20.3 Å². The third kappa shape index (κ3) is 3.88. The van der Waals surface area contributed by atoms with Crippen LogP contribution in [0.2, 0.25) is 0 Å². The second-order valence-electron chi connectivity index (χ2n) is 5.59. The van der Waals surface area contributed by atoms with E-state index < -0.39 is 12.0 Å². The van der Waals surface area contributed by atoms with Gasteiger partial charge in [0.15, 0.2) is 0 Å². The number of hydrogen-bond acceptors (Lipinski definition) is 2. The number of aliphatic carboxylic acids is 1. The number of halogens is 1. The number of carbonyl (C=O) groups excluding carboxylic acids is 1. The fourth-order valence-electron chi connectivity index (χ4n) is 2.35. The number of carboxylic acids is 1. The molecule has 0 aliphatic carbocycles. The SMILES string of the molecule is CC(C)C(NC(=O)CCn1ccc2cc(Br)ccc21)C(=O)O. The zero-order valence-corrected chi connectivity index (χ0v) is 14.1. The third-order valence-electron chi connectivity index (χ3n) is 3.56. The summed E-state index contributed by atoms with van der Waals surface area (Å²) in [7, 11) is 0. The van der Waals surface area contributed by atoms with Gasteiger partial charge in [0.05, 0.1) is 0 Å². The Morgan fingerprint density at radius 1 is 1.32 bits per heavy atom. The van der Waals surface area contributed by atoms with Crippen LogP contribution in [-0.2, 0) is 16.1 Å². The maximum atomic E-state index is 12.0. The lowest BCUT2D eigenvalue weighted by atomic mass is 10.0. The van der Waals surface area contributed by atoms with Crippen LogP contribution >= 0.6 is 15.9 Å². The van der Waals surface area contributed by atoms with E-state index in [1.807, 2.05) is 35.0 Å². The fraction of sp³-hybridized carbons (Fsp3) is 0.375. The molecule has 1 aromatic carbocycles. The van der Waals surface area contributed by atoms with E-state index in [-0.39, 0.29) is 18.2 Å². The molecule has 5 nitrogen and oxygen atoms in total. The van der Waals surface area contributed by atoms with Gasteiger partial charge in [-0.25, -0.2) is 4.79 Å². The Balaban J connectivity index is 1.99. The third-order valence-corrected chi connectivity index (χ3v) is 4.06. The molecule has 0 radical (unpaired) electrons. The minimum Gasteiger partial charge on any atom is -0.480 e. The zero-order chi connectivity index (χ0) is 16.3. The summed E-state index contributed by atoms with van der Waals surface area (Å²) < 4.78 is 3.00. The molecule has 2 N–H and O–H groups in total. The van der Waals surface area contributed by atoms with Crippen LogP contribution in [0.5, 0.6) is 0 Å². The Morgan fingerprint density at radius 3 is 2.68 bits per heavy atom. The average molecular weight is 367 g/mol. The minimum atomic E-state index is -1.00. The first-order valence-electron chi connectivity index (χ1n) is 7.15. The molecule has 2 rings (SSSR count). The van der Waals surface area contributed by atoms with E-state index in [1.165, 1.54) is 0 Å². The average Bonchev–Trinajstić information content (AvgIpc) is 2.84. The number of aromatic nitrogens is 1. The van der Waals surface area contributed by atoms with Crippen molar-refractivity contribution in [3.05, 3.63) is 34.9 Å². The van der Waals surface area contributed by atoms with Gasteiger partial charge < -0.3 is 15.0 Å². The Labute approximate surface area is 137 Å². The molecule has 0 saturated carbocycles. The van der Waals surface area contributed by atoms with Gasteiger partial charge in [-0.2, -0.15) is 0 Å². The summed E-state index contributed by atoms with van der Waals surface area (Å²) in [6.45, 7) is 4.06. The smallest absolute Gasteiger partial charge is 0.326 e. The summed E-state index contributed by atoms with van der Waals surface area (Å²) in [4.78, 5) is 23.0. The van der Waals surface area contributed by atoms with Crippen molar-refractivity contribution in [2.24, 2.45) is 5.92 Å². The van der Waals surface area contributed by atoms with E-state index in [2.05, 4.69) is 21.2 Å². The summed E-state index contributed by atoms with van der Waals surface area (Å²) in [5.74, 6) is -1.40. The van der Waals surface area contributed by atoms with Crippen molar-refractivity contribution in [3.8, 4) is 0 Å². The zero-order valence-electron chi connectivity index (χ0n) is 12.5. The van der Waals surface area contributed by atoms with E-state index in [4.69, 9.17) is 5.11 Å². The summed E-state index contributed by atoms with van der Waals surface area (Å²) in [6, 6.07) is 7.12. The Hall–Kier alpha value is -1.82. The molecule has 1 heterocycles. The van der Waals surface area contributed by atoms with Gasteiger partial charge in [0, 0.05) is 34.5 Å². The molecule has 1 atom stereocenters. The van der Waals surface area contributed by atoms with Crippen molar-refractivity contribution >= 4 is 38.7 Å². The van der Waals surface area contributed by atoms with Crippen LogP contribution in [-0.4, -0.2) is 27.6 Å². The van der Waals surface area contributed by atoms with Crippen molar-refractivity contribution in [1.82, 2.24) is 9.88 Å². The van der Waals surface area contributed by atoms with Crippen LogP contribution in [0, 0.1) is 5.92 Å². The molecular weight excluding hydrogens is 348 g/mol. The van der Waals surface area contributed by atoms with Crippen LogP contribution in [0.4, 0.5) is 0 Å². The highest BCUT2D eigenvalue weighted by atomic mass is 79.9. The van der Waals surface area contributed by atoms with Gasteiger partial charge in [-0.1, -0.05) is 29.8 Å². The Morgan fingerprint density at radius 2 is 2.05 bits per heavy atom. The number of rotatable bonds is 6. The lowest BCUT2D eigenvalue weighted by Gasteiger charge is -2.18. The predicted octanol–water partition coefficient (Wildman–Crippen LogP) is 3.02. The monoisotopic (exact) mass is 366 g/mol. The molecule has 0 spiro atoms. The largest absolute Gasteiger partial charge is 0.480 e. The maximum Gasteiger partial charge on any atom is 0.326 e. The van der Waals surface area contributed by atoms with E-state index in [0.717, 1.165) is 15.4 Å². The van der Waals surface area contributed by atoms with Crippen molar-refractivity contribution < 1.29 is 14.7 Å². The van der Waals surface area contributed by atoms with Gasteiger partial charge in [0.1, 0.15) is 6.04 Å². The molecule has 2 aromatic rings. The number of aryl methyl sites for hydroxylation is 1. The standard InChI is InChI=1S/C16H19BrN2O3/c1-10(2)15(16(21)22)18-14(20)6-8-19-7-5-11-9-12(17)3-4-13(11)19/h3-5,7,9-10,15H,6,8H2,1-2H3,(H,18,20)(H,21,22). The molecule has 0 bridgehead atoms. The topological polar surface area (TPSA) is 71.3 Å². The van der Waals surface area contributed by atoms with E-state index in [0.29, 0.717) is 6.54 Å². The molecule has 22 heavy (non-hydrogen) atoms. The van der Waals surface area contributed by atoms with Crippen LogP contribution in [0.3, 0.4) is 0 Å². The molecule has 118 valence electrons. The first-order chi connectivity index (χ1) is 10.4. The van der Waals surface area contributed by atoms with Gasteiger partial charge in [-0.05, 0) is 30.2 Å². The number of fused-ring (bicyclic) bond motifs is 1. The molecule has 1 amide bonds. The van der Waals surface area contributed by atoms with E-state index >= 15 is 0 Å². The molecule has 1 aromatic heterocycles. The van der Waals surface area contributed by atoms with E-state index in [1.54, 1.807) is 13.8 Å². The van der Waals surface area contributed by atoms with Crippen LogP contribution < -0.4 is 5.32 Å². The van der Waals surface area contributed by atoms with Crippen molar-refractivity contribution in [1.29, 1.82) is 0 Å². The Kier molecular flexibility index (Phi) is 5.24. The first-order valence-corrected chi connectivity index (χ1v) is 7.94. The normalized spacial score (nSPS) is 12.5. The van der Waals surface area contributed by atoms with Gasteiger partial charge in [-0.3, -0.25) is 4.79 Å². The van der Waals surface area contributed by atoms with Gasteiger partial charge in [0.25, 0.3) is 0 Å². The first kappa shape index (κ1) is 16.5. The second-order valence-corrected chi connectivity index (χ2v) is 6.51.